The van der Waals surface area contributed by atoms with Crippen molar-refractivity contribution in [1.29, 1.82) is 0 Å². The highest BCUT2D eigenvalue weighted by Crippen LogP contribution is 2.44. The van der Waals surface area contributed by atoms with Crippen LogP contribution in [0.4, 0.5) is 21.7 Å². The predicted octanol–water partition coefficient (Wildman–Crippen LogP) is 6.20. The summed E-state index contributed by atoms with van der Waals surface area (Å²) >= 11 is 0. The summed E-state index contributed by atoms with van der Waals surface area (Å²) in [5, 5.41) is 36.7. The number of fused-ring (bicyclic) bond motifs is 2. The largest absolute Gasteiger partial charge is 0.508 e. The number of nitrogens with zero attached hydrogens (tertiary/aromatic N) is 4. The summed E-state index contributed by atoms with van der Waals surface area (Å²) in [4.78, 5) is 9.79. The van der Waals surface area contributed by atoms with Gasteiger partial charge in [0, 0.05) is 28.8 Å². The van der Waals surface area contributed by atoms with Crippen LogP contribution in [0.1, 0.15) is 49.7 Å². The summed E-state index contributed by atoms with van der Waals surface area (Å²) in [6.07, 6.45) is 6.26. The number of phenols is 1. The Kier molecular flexibility index (Phi) is 7.25. The van der Waals surface area contributed by atoms with E-state index in [1.54, 1.807) is 18.3 Å². The van der Waals surface area contributed by atoms with Crippen molar-refractivity contribution in [1.82, 2.24) is 19.8 Å². The highest BCUT2D eigenvalue weighted by molar-refractivity contribution is 5.85. The average Bonchev–Trinajstić information content (AvgIpc) is 3.37. The average molecular weight is 560 g/mol. The van der Waals surface area contributed by atoms with Gasteiger partial charge >= 0.3 is 0 Å². The molecule has 1 aliphatic carbocycles. The van der Waals surface area contributed by atoms with Gasteiger partial charge in [0.05, 0.1) is 22.2 Å². The zero-order chi connectivity index (χ0) is 28.7. The van der Waals surface area contributed by atoms with Crippen molar-refractivity contribution < 1.29 is 19.9 Å². The maximum Gasteiger partial charge on any atom is 0.234 e. The molecule has 4 aromatic rings. The second-order valence-electron chi connectivity index (χ2n) is 11.3. The van der Waals surface area contributed by atoms with Gasteiger partial charge in [-0.1, -0.05) is 13.0 Å². The molecule has 0 amide bonds. The van der Waals surface area contributed by atoms with Gasteiger partial charge in [0.2, 0.25) is 11.6 Å². The Bertz CT molecular complexity index is 1590. The van der Waals surface area contributed by atoms with Gasteiger partial charge in [-0.05, 0) is 106 Å². The molecule has 5 N–H and O–H groups in total. The maximum atomic E-state index is 15.0. The fourth-order valence-electron chi connectivity index (χ4n) is 6.14. The van der Waals surface area contributed by atoms with Gasteiger partial charge in [-0.25, -0.2) is 14.4 Å². The third kappa shape index (κ3) is 5.56. The standard InChI is InChI=1S/C31H35FN6O3/c1-3-19-4-7-25-26(19)16-24(39)17-30(25)38(40,41)36-23-6-8-28(32)27(15-23)20-5-9-29-21(14-20)18-33-31(35-29)34-22-10-12-37(2)13-11-22/h5-6,8-9,14-19,22,36,40-41H,3-4,7,10-13H2,1-2H3,(H-,33,34,35,39)/p+1. The van der Waals surface area contributed by atoms with Crippen molar-refractivity contribution in [3.8, 4) is 16.9 Å². The summed E-state index contributed by atoms with van der Waals surface area (Å²) in [7, 11) is 2.12. The second kappa shape index (κ2) is 10.9. The molecule has 214 valence electrons. The molecule has 1 atom stereocenters. The van der Waals surface area contributed by atoms with Crippen LogP contribution in [0.2, 0.25) is 0 Å². The van der Waals surface area contributed by atoms with Crippen LogP contribution in [0.3, 0.4) is 0 Å². The van der Waals surface area contributed by atoms with Crippen molar-refractivity contribution in [2.45, 2.75) is 51.0 Å². The molecule has 0 radical (unpaired) electrons. The number of anilines is 2. The molecule has 41 heavy (non-hydrogen) atoms. The van der Waals surface area contributed by atoms with Crippen LogP contribution < -0.4 is 15.7 Å². The molecule has 2 heterocycles. The molecule has 2 aliphatic rings. The van der Waals surface area contributed by atoms with Crippen molar-refractivity contribution in [2.75, 3.05) is 30.9 Å². The van der Waals surface area contributed by atoms with Crippen LogP contribution >= 0.6 is 0 Å². The Morgan fingerprint density at radius 1 is 1.05 bits per heavy atom. The number of piperidine rings is 1. The van der Waals surface area contributed by atoms with Gasteiger partial charge in [0.15, 0.2) is 0 Å². The van der Waals surface area contributed by atoms with Crippen LogP contribution in [-0.4, -0.2) is 56.6 Å². The van der Waals surface area contributed by atoms with Gasteiger partial charge in [-0.2, -0.15) is 5.43 Å². The fraction of sp³-hybridized carbons (Fsp3) is 0.355. The minimum absolute atomic E-state index is 0.0330. The minimum atomic E-state index is -1.67. The van der Waals surface area contributed by atoms with E-state index in [0.29, 0.717) is 29.7 Å². The van der Waals surface area contributed by atoms with E-state index in [1.165, 1.54) is 24.3 Å². The molecule has 1 fully saturated rings. The van der Waals surface area contributed by atoms with Crippen LogP contribution in [0, 0.1) is 5.82 Å². The SMILES string of the molecule is CCC1CCc2c1cc(O)cc2[N+](O)(O)Nc1ccc(F)c(-c2ccc3nc(NC4CCN(C)CC4)ncc3c2)c1. The predicted molar refractivity (Wildman–Crippen MR) is 158 cm³/mol. The van der Waals surface area contributed by atoms with Crippen molar-refractivity contribution >= 4 is 28.2 Å². The van der Waals surface area contributed by atoms with Crippen LogP contribution in [-0.2, 0) is 6.42 Å². The number of halogens is 1. The summed E-state index contributed by atoms with van der Waals surface area (Å²) in [6, 6.07) is 13.1. The Balaban J connectivity index is 1.25. The zero-order valence-corrected chi connectivity index (χ0v) is 23.3. The van der Waals surface area contributed by atoms with Gasteiger partial charge in [-0.3, -0.25) is 0 Å². The molecule has 9 nitrogen and oxygen atoms in total. The van der Waals surface area contributed by atoms with E-state index in [-0.39, 0.29) is 22.9 Å². The van der Waals surface area contributed by atoms with Gasteiger partial charge in [0.1, 0.15) is 11.6 Å². The first-order valence-corrected chi connectivity index (χ1v) is 14.2. The molecule has 1 aromatic heterocycles. The van der Waals surface area contributed by atoms with E-state index in [4.69, 9.17) is 0 Å². The topological polar surface area (TPSA) is 114 Å². The highest BCUT2D eigenvalue weighted by Gasteiger charge is 2.37. The third-order valence-electron chi connectivity index (χ3n) is 8.45. The number of phenolic OH excluding ortho intramolecular Hbond substituents is 1. The number of nitrogens with one attached hydrogen (secondary N) is 2. The van der Waals surface area contributed by atoms with Crippen molar-refractivity contribution in [3.63, 3.8) is 0 Å². The Morgan fingerprint density at radius 3 is 2.63 bits per heavy atom. The maximum absolute atomic E-state index is 15.0. The third-order valence-corrected chi connectivity index (χ3v) is 8.45. The lowest BCUT2D eigenvalue weighted by Gasteiger charge is -2.29. The molecular weight excluding hydrogens is 523 g/mol. The highest BCUT2D eigenvalue weighted by atomic mass is 19.1. The number of aromatic nitrogens is 2. The molecule has 1 unspecified atom stereocenters. The molecule has 1 aliphatic heterocycles. The summed E-state index contributed by atoms with van der Waals surface area (Å²) < 4.78 is 15.0. The second-order valence-corrected chi connectivity index (χ2v) is 11.3. The van der Waals surface area contributed by atoms with Crippen molar-refractivity contribution in [2.24, 2.45) is 0 Å². The van der Waals surface area contributed by atoms with Gasteiger partial charge < -0.3 is 15.3 Å². The number of benzene rings is 3. The van der Waals surface area contributed by atoms with Crippen molar-refractivity contribution in [3.05, 3.63) is 71.7 Å². The van der Waals surface area contributed by atoms with Crippen LogP contribution in [0.5, 0.6) is 5.75 Å². The monoisotopic (exact) mass is 559 g/mol. The first-order chi connectivity index (χ1) is 19.7. The number of likely N-dealkylation sites (tertiary alicyclic amines) is 1. The molecule has 3 aromatic carbocycles. The minimum Gasteiger partial charge on any atom is -0.508 e. The molecule has 1 saturated heterocycles. The lowest BCUT2D eigenvalue weighted by Crippen LogP contribution is -2.48. The molecule has 6 rings (SSSR count). The summed E-state index contributed by atoms with van der Waals surface area (Å²) in [5.41, 5.74) is 6.50. The van der Waals surface area contributed by atoms with Crippen LogP contribution in [0.25, 0.3) is 22.0 Å². The molecule has 0 bridgehead atoms. The van der Waals surface area contributed by atoms with E-state index in [2.05, 4.69) is 39.6 Å². The fourth-order valence-corrected chi connectivity index (χ4v) is 6.14. The Hall–Kier alpha value is -3.83. The molecular formula is C31H36FN6O3+. The zero-order valence-electron chi connectivity index (χ0n) is 23.3. The van der Waals surface area contributed by atoms with Gasteiger partial charge in [-0.15, -0.1) is 10.4 Å². The van der Waals surface area contributed by atoms with E-state index in [9.17, 15) is 15.5 Å². The molecule has 0 spiro atoms. The van der Waals surface area contributed by atoms with Crippen LogP contribution in [0.15, 0.2) is 54.7 Å². The number of hydrogen-bond acceptors (Lipinski definition) is 8. The normalized spacial score (nSPS) is 18.0. The number of hydrogen-bond donors (Lipinski definition) is 5. The van der Waals surface area contributed by atoms with E-state index >= 15 is 4.39 Å². The summed E-state index contributed by atoms with van der Waals surface area (Å²) in [5.74, 6) is 0.357. The Labute approximate surface area is 238 Å². The smallest absolute Gasteiger partial charge is 0.234 e. The first kappa shape index (κ1) is 27.3. The lowest BCUT2D eigenvalue weighted by molar-refractivity contribution is -0.272. The number of aromatic hydroxyl groups is 1. The first-order valence-electron chi connectivity index (χ1n) is 14.2. The quantitative estimate of drug-likeness (QED) is 0.134. The summed E-state index contributed by atoms with van der Waals surface area (Å²) in [6.45, 7) is 4.15. The van der Waals surface area contributed by atoms with E-state index < -0.39 is 10.7 Å². The van der Waals surface area contributed by atoms with Gasteiger partial charge in [0.25, 0.3) is 0 Å². The number of rotatable bonds is 7. The Morgan fingerprint density at radius 2 is 1.85 bits per heavy atom. The van der Waals surface area contributed by atoms with E-state index in [1.807, 2.05) is 12.1 Å². The number of quaternary nitrogens is 1. The molecule has 10 heteroatoms. The lowest BCUT2D eigenvalue weighted by atomic mass is 9.98. The van der Waals surface area contributed by atoms with E-state index in [0.717, 1.165) is 60.8 Å². The molecule has 0 saturated carbocycles.